The van der Waals surface area contributed by atoms with E-state index in [4.69, 9.17) is 0 Å². The van der Waals surface area contributed by atoms with E-state index in [9.17, 15) is 26.4 Å². The molecule has 134 valence electrons. The van der Waals surface area contributed by atoms with E-state index < -0.39 is 33.1 Å². The van der Waals surface area contributed by atoms with Gasteiger partial charge in [0.05, 0.1) is 0 Å². The Kier molecular flexibility index (Phi) is 5.68. The number of sulfone groups is 1. The number of alkyl halides is 2. The summed E-state index contributed by atoms with van der Waals surface area (Å²) < 4.78 is 65.1. The molecule has 5 nitrogen and oxygen atoms in total. The number of carbonyl (C=O) groups is 1. The van der Waals surface area contributed by atoms with Gasteiger partial charge in [-0.2, -0.15) is 8.78 Å². The minimum absolute atomic E-state index is 0.00907. The number of ether oxygens (including phenoxy) is 1. The van der Waals surface area contributed by atoms with Crippen molar-refractivity contribution in [3.05, 3.63) is 59.4 Å². The Bertz CT molecular complexity index is 885. The van der Waals surface area contributed by atoms with Crippen molar-refractivity contribution in [2.75, 3.05) is 6.26 Å². The van der Waals surface area contributed by atoms with Gasteiger partial charge >= 0.3 is 6.61 Å². The van der Waals surface area contributed by atoms with Gasteiger partial charge in [-0.05, 0) is 35.9 Å². The van der Waals surface area contributed by atoms with E-state index in [1.165, 1.54) is 18.2 Å². The third kappa shape index (κ3) is 5.21. The zero-order valence-electron chi connectivity index (χ0n) is 13.0. The summed E-state index contributed by atoms with van der Waals surface area (Å²) in [6, 6.07) is 8.73. The highest BCUT2D eigenvalue weighted by atomic mass is 32.2. The van der Waals surface area contributed by atoms with Crippen LogP contribution in [0.2, 0.25) is 0 Å². The van der Waals surface area contributed by atoms with Crippen LogP contribution in [0.4, 0.5) is 13.2 Å². The molecule has 0 heterocycles. The Labute approximate surface area is 142 Å². The number of halogens is 3. The van der Waals surface area contributed by atoms with Crippen molar-refractivity contribution in [1.82, 2.24) is 5.32 Å². The lowest BCUT2D eigenvalue weighted by atomic mass is 10.2. The highest BCUT2D eigenvalue weighted by Gasteiger charge is 2.17. The second-order valence-electron chi connectivity index (χ2n) is 5.13. The molecule has 0 radical (unpaired) electrons. The number of benzene rings is 2. The van der Waals surface area contributed by atoms with Crippen LogP contribution in [0.5, 0.6) is 5.75 Å². The van der Waals surface area contributed by atoms with Gasteiger partial charge in [0.1, 0.15) is 16.5 Å². The molecule has 1 N–H and O–H groups in total. The minimum Gasteiger partial charge on any atom is -0.435 e. The molecule has 2 rings (SSSR count). The molecule has 0 aliphatic heterocycles. The Balaban J connectivity index is 2.11. The standard InChI is InChI=1S/C16H14F3NO4S/c1-25(22,23)14-8-11(5-6-13(14)17)15(21)20-9-10-3-2-4-12(7-10)24-16(18)19/h2-8,16H,9H2,1H3,(H,20,21). The van der Waals surface area contributed by atoms with Gasteiger partial charge in [0.15, 0.2) is 9.84 Å². The molecule has 9 heteroatoms. The maximum Gasteiger partial charge on any atom is 0.387 e. The van der Waals surface area contributed by atoms with Gasteiger partial charge in [0.2, 0.25) is 0 Å². The molecule has 0 aliphatic carbocycles. The van der Waals surface area contributed by atoms with Crippen molar-refractivity contribution >= 4 is 15.7 Å². The molecule has 25 heavy (non-hydrogen) atoms. The summed E-state index contributed by atoms with van der Waals surface area (Å²) in [7, 11) is -3.82. The molecule has 0 unspecified atom stereocenters. The number of hydrogen-bond donors (Lipinski definition) is 1. The second kappa shape index (κ2) is 7.56. The zero-order valence-corrected chi connectivity index (χ0v) is 13.8. The molecule has 2 aromatic carbocycles. The van der Waals surface area contributed by atoms with Crippen LogP contribution in [0.25, 0.3) is 0 Å². The van der Waals surface area contributed by atoms with Crippen molar-refractivity contribution in [2.24, 2.45) is 0 Å². The first kappa shape index (κ1) is 18.8. The third-order valence-electron chi connectivity index (χ3n) is 3.17. The molecule has 0 saturated heterocycles. The van der Waals surface area contributed by atoms with E-state index in [-0.39, 0.29) is 17.9 Å². The fourth-order valence-corrected chi connectivity index (χ4v) is 2.81. The Morgan fingerprint density at radius 3 is 2.56 bits per heavy atom. The molecular weight excluding hydrogens is 359 g/mol. The van der Waals surface area contributed by atoms with Crippen molar-refractivity contribution < 1.29 is 31.1 Å². The lowest BCUT2D eigenvalue weighted by Crippen LogP contribution is -2.23. The molecule has 0 bridgehead atoms. The van der Waals surface area contributed by atoms with Crippen LogP contribution >= 0.6 is 0 Å². The minimum atomic E-state index is -3.82. The fraction of sp³-hybridized carbons (Fsp3) is 0.188. The molecule has 0 atom stereocenters. The monoisotopic (exact) mass is 373 g/mol. The Hall–Kier alpha value is -2.55. The van der Waals surface area contributed by atoms with Crippen molar-refractivity contribution in [1.29, 1.82) is 0 Å². The molecule has 0 aliphatic rings. The molecular formula is C16H14F3NO4S. The quantitative estimate of drug-likeness (QED) is 0.845. The largest absolute Gasteiger partial charge is 0.435 e. The van der Waals surface area contributed by atoms with Gasteiger partial charge in [-0.3, -0.25) is 4.79 Å². The van der Waals surface area contributed by atoms with Crippen LogP contribution in [0.3, 0.4) is 0 Å². The van der Waals surface area contributed by atoms with Crippen molar-refractivity contribution in [3.8, 4) is 5.75 Å². The lowest BCUT2D eigenvalue weighted by Gasteiger charge is -2.09. The average Bonchev–Trinajstić information content (AvgIpc) is 2.51. The summed E-state index contributed by atoms with van der Waals surface area (Å²) in [4.78, 5) is 11.5. The van der Waals surface area contributed by atoms with Crippen LogP contribution in [0, 0.1) is 5.82 Å². The number of rotatable bonds is 6. The fourth-order valence-electron chi connectivity index (χ4n) is 2.04. The van der Waals surface area contributed by atoms with Crippen LogP contribution in [-0.4, -0.2) is 27.2 Å². The summed E-state index contributed by atoms with van der Waals surface area (Å²) in [5.41, 5.74) is 0.457. The van der Waals surface area contributed by atoms with Gasteiger partial charge in [-0.25, -0.2) is 12.8 Å². The van der Waals surface area contributed by atoms with E-state index >= 15 is 0 Å². The van der Waals surface area contributed by atoms with Crippen LogP contribution in [0.1, 0.15) is 15.9 Å². The lowest BCUT2D eigenvalue weighted by molar-refractivity contribution is -0.0498. The topological polar surface area (TPSA) is 72.5 Å². The van der Waals surface area contributed by atoms with Crippen LogP contribution in [0.15, 0.2) is 47.4 Å². The number of hydrogen-bond acceptors (Lipinski definition) is 4. The Morgan fingerprint density at radius 2 is 1.92 bits per heavy atom. The third-order valence-corrected chi connectivity index (χ3v) is 4.28. The normalized spacial score (nSPS) is 11.4. The maximum absolute atomic E-state index is 13.5. The summed E-state index contributed by atoms with van der Waals surface area (Å²) in [6.07, 6.45) is 0.835. The summed E-state index contributed by atoms with van der Waals surface area (Å²) in [5.74, 6) is -1.64. The summed E-state index contributed by atoms with van der Waals surface area (Å²) >= 11 is 0. The van der Waals surface area contributed by atoms with Crippen LogP contribution < -0.4 is 10.1 Å². The van der Waals surface area contributed by atoms with Crippen molar-refractivity contribution in [2.45, 2.75) is 18.1 Å². The van der Waals surface area contributed by atoms with E-state index in [1.54, 1.807) is 6.07 Å². The molecule has 0 spiro atoms. The van der Waals surface area contributed by atoms with Gasteiger partial charge < -0.3 is 10.1 Å². The van der Waals surface area contributed by atoms with Gasteiger partial charge in [-0.1, -0.05) is 12.1 Å². The number of carbonyl (C=O) groups excluding carboxylic acids is 1. The average molecular weight is 373 g/mol. The molecule has 0 saturated carbocycles. The first-order valence-corrected chi connectivity index (χ1v) is 8.87. The van der Waals surface area contributed by atoms with Gasteiger partial charge in [0, 0.05) is 18.4 Å². The van der Waals surface area contributed by atoms with E-state index in [0.717, 1.165) is 24.5 Å². The molecule has 0 aromatic heterocycles. The first-order chi connectivity index (χ1) is 11.7. The summed E-state index contributed by atoms with van der Waals surface area (Å²) in [5, 5.41) is 2.49. The first-order valence-electron chi connectivity index (χ1n) is 6.98. The van der Waals surface area contributed by atoms with E-state index in [1.807, 2.05) is 0 Å². The molecule has 2 aromatic rings. The Morgan fingerprint density at radius 1 is 1.20 bits per heavy atom. The predicted molar refractivity (Wildman–Crippen MR) is 83.8 cm³/mol. The smallest absolute Gasteiger partial charge is 0.387 e. The molecule has 0 fully saturated rings. The maximum atomic E-state index is 13.5. The van der Waals surface area contributed by atoms with Gasteiger partial charge in [-0.15, -0.1) is 0 Å². The SMILES string of the molecule is CS(=O)(=O)c1cc(C(=O)NCc2cccc(OC(F)F)c2)ccc1F. The zero-order chi connectivity index (χ0) is 18.6. The predicted octanol–water partition coefficient (Wildman–Crippen LogP) is 2.76. The van der Waals surface area contributed by atoms with E-state index in [2.05, 4.69) is 10.1 Å². The second-order valence-corrected chi connectivity index (χ2v) is 7.11. The van der Waals surface area contributed by atoms with Crippen LogP contribution in [-0.2, 0) is 16.4 Å². The number of nitrogens with one attached hydrogen (secondary N) is 1. The molecule has 1 amide bonds. The number of amides is 1. The highest BCUT2D eigenvalue weighted by Crippen LogP contribution is 2.18. The van der Waals surface area contributed by atoms with E-state index in [0.29, 0.717) is 5.56 Å². The van der Waals surface area contributed by atoms with Crippen molar-refractivity contribution in [3.63, 3.8) is 0 Å². The highest BCUT2D eigenvalue weighted by molar-refractivity contribution is 7.90. The summed E-state index contributed by atoms with van der Waals surface area (Å²) in [6.45, 7) is -2.97. The van der Waals surface area contributed by atoms with Gasteiger partial charge in [0.25, 0.3) is 5.91 Å².